The van der Waals surface area contributed by atoms with Crippen molar-refractivity contribution in [1.29, 1.82) is 0 Å². The number of rotatable bonds is 4. The van der Waals surface area contributed by atoms with Gasteiger partial charge in [0.25, 0.3) is 5.91 Å². The van der Waals surface area contributed by atoms with Gasteiger partial charge in [0, 0.05) is 44.7 Å². The maximum absolute atomic E-state index is 13.1. The van der Waals surface area contributed by atoms with Crippen LogP contribution in [0.4, 0.5) is 5.82 Å². The number of aromatic nitrogens is 4. The molecule has 3 aromatic rings. The maximum atomic E-state index is 13.1. The van der Waals surface area contributed by atoms with Gasteiger partial charge < -0.3 is 15.1 Å². The Labute approximate surface area is 182 Å². The predicted octanol–water partition coefficient (Wildman–Crippen LogP) is 2.20. The number of amides is 1. The van der Waals surface area contributed by atoms with Gasteiger partial charge in [0.05, 0.1) is 23.0 Å². The van der Waals surface area contributed by atoms with Crippen molar-refractivity contribution in [3.05, 3.63) is 47.5 Å². The molecule has 1 saturated heterocycles. The van der Waals surface area contributed by atoms with Crippen molar-refractivity contribution in [3.63, 3.8) is 0 Å². The van der Waals surface area contributed by atoms with E-state index in [-0.39, 0.29) is 5.91 Å². The third-order valence-electron chi connectivity index (χ3n) is 6.63. The number of carbonyl (C=O) groups is 1. The summed E-state index contributed by atoms with van der Waals surface area (Å²) in [7, 11) is 2.10. The number of nitrogens with zero attached hydrogens (tertiary/aromatic N) is 6. The van der Waals surface area contributed by atoms with Gasteiger partial charge in [-0.2, -0.15) is 5.10 Å². The van der Waals surface area contributed by atoms with E-state index in [1.807, 2.05) is 21.7 Å². The number of hydrogen-bond acceptors (Lipinski definition) is 6. The van der Waals surface area contributed by atoms with E-state index >= 15 is 0 Å². The molecule has 1 amide bonds. The van der Waals surface area contributed by atoms with E-state index in [9.17, 15) is 4.79 Å². The fourth-order valence-electron chi connectivity index (χ4n) is 4.69. The van der Waals surface area contributed by atoms with Gasteiger partial charge in [0.15, 0.2) is 0 Å². The number of fused-ring (bicyclic) bond motifs is 2. The number of nitrogens with one attached hydrogen (secondary N) is 1. The molecule has 8 heteroatoms. The van der Waals surface area contributed by atoms with Gasteiger partial charge in [0.2, 0.25) is 0 Å². The van der Waals surface area contributed by atoms with E-state index in [1.54, 1.807) is 12.5 Å². The van der Waals surface area contributed by atoms with Gasteiger partial charge >= 0.3 is 0 Å². The van der Waals surface area contributed by atoms with Crippen molar-refractivity contribution in [2.24, 2.45) is 5.92 Å². The van der Waals surface area contributed by atoms with E-state index < -0.39 is 0 Å². The van der Waals surface area contributed by atoms with Crippen molar-refractivity contribution in [1.82, 2.24) is 29.5 Å². The SMILES string of the molecule is Cc1cccc2ncnc(NCC3CCn4ncc(C(=O)N5CCN(C)CC5)c4C3)c12. The van der Waals surface area contributed by atoms with Gasteiger partial charge in [-0.25, -0.2) is 9.97 Å². The molecule has 8 nitrogen and oxygen atoms in total. The maximum Gasteiger partial charge on any atom is 0.257 e. The number of likely N-dealkylation sites (N-methyl/N-ethyl adjacent to an activating group) is 1. The summed E-state index contributed by atoms with van der Waals surface area (Å²) in [5.74, 6) is 1.44. The first-order chi connectivity index (χ1) is 15.1. The van der Waals surface area contributed by atoms with E-state index in [0.29, 0.717) is 5.92 Å². The molecule has 0 saturated carbocycles. The van der Waals surface area contributed by atoms with Crippen molar-refractivity contribution in [3.8, 4) is 0 Å². The van der Waals surface area contributed by atoms with Crippen LogP contribution in [0.25, 0.3) is 10.9 Å². The van der Waals surface area contributed by atoms with Crippen molar-refractivity contribution < 1.29 is 4.79 Å². The Morgan fingerprint density at radius 2 is 2.00 bits per heavy atom. The minimum absolute atomic E-state index is 0.125. The van der Waals surface area contributed by atoms with Gasteiger partial charge in [-0.3, -0.25) is 9.48 Å². The van der Waals surface area contributed by atoms with Crippen LogP contribution in [0, 0.1) is 12.8 Å². The molecule has 162 valence electrons. The van der Waals surface area contributed by atoms with E-state index in [2.05, 4.69) is 45.3 Å². The topological polar surface area (TPSA) is 79.2 Å². The van der Waals surface area contributed by atoms with Crippen LogP contribution in [0.1, 0.15) is 28.0 Å². The summed E-state index contributed by atoms with van der Waals surface area (Å²) in [5, 5.41) is 9.15. The highest BCUT2D eigenvalue weighted by molar-refractivity contribution is 5.95. The standard InChI is InChI=1S/C23H29N7O/c1-16-4-3-5-19-21(16)22(26-15-25-19)24-13-17-6-7-30-20(12-17)18(14-27-30)23(31)29-10-8-28(2)9-11-29/h3-5,14-15,17H,6-13H2,1-2H3,(H,24,25,26). The summed E-state index contributed by atoms with van der Waals surface area (Å²) >= 11 is 0. The number of hydrogen-bond donors (Lipinski definition) is 1. The fraction of sp³-hybridized carbons (Fsp3) is 0.478. The van der Waals surface area contributed by atoms with Crippen LogP contribution in [-0.4, -0.2) is 75.2 Å². The normalized spacial score (nSPS) is 19.4. The zero-order valence-corrected chi connectivity index (χ0v) is 18.2. The highest BCUT2D eigenvalue weighted by Crippen LogP contribution is 2.27. The summed E-state index contributed by atoms with van der Waals surface area (Å²) < 4.78 is 2.02. The molecule has 2 aliphatic rings. The van der Waals surface area contributed by atoms with E-state index in [4.69, 9.17) is 0 Å². The first-order valence-electron chi connectivity index (χ1n) is 11.1. The number of piperazine rings is 1. The molecule has 1 fully saturated rings. The monoisotopic (exact) mass is 419 g/mol. The van der Waals surface area contributed by atoms with Gasteiger partial charge in [-0.1, -0.05) is 12.1 Å². The molecule has 2 aliphatic heterocycles. The molecule has 1 aromatic carbocycles. The third-order valence-corrected chi connectivity index (χ3v) is 6.63. The fourth-order valence-corrected chi connectivity index (χ4v) is 4.69. The quantitative estimate of drug-likeness (QED) is 0.699. The smallest absolute Gasteiger partial charge is 0.257 e. The van der Waals surface area contributed by atoms with Crippen molar-refractivity contribution >= 4 is 22.6 Å². The second-order valence-electron chi connectivity index (χ2n) is 8.75. The lowest BCUT2D eigenvalue weighted by molar-refractivity contribution is 0.0662. The zero-order valence-electron chi connectivity index (χ0n) is 18.2. The van der Waals surface area contributed by atoms with Crippen LogP contribution >= 0.6 is 0 Å². The Balaban J connectivity index is 1.29. The Morgan fingerprint density at radius 3 is 2.84 bits per heavy atom. The lowest BCUT2D eigenvalue weighted by Crippen LogP contribution is -2.47. The van der Waals surface area contributed by atoms with Crippen molar-refractivity contribution in [2.45, 2.75) is 26.3 Å². The van der Waals surface area contributed by atoms with Crippen LogP contribution < -0.4 is 5.32 Å². The number of benzene rings is 1. The van der Waals surface area contributed by atoms with Crippen LogP contribution in [0.5, 0.6) is 0 Å². The highest BCUT2D eigenvalue weighted by atomic mass is 16.2. The molecule has 5 rings (SSSR count). The zero-order chi connectivity index (χ0) is 21.4. The molecule has 0 bridgehead atoms. The summed E-state index contributed by atoms with van der Waals surface area (Å²) in [6.45, 7) is 7.17. The van der Waals surface area contributed by atoms with Crippen LogP contribution in [0.15, 0.2) is 30.7 Å². The second kappa shape index (κ2) is 8.26. The lowest BCUT2D eigenvalue weighted by Gasteiger charge is -2.32. The molecule has 2 aromatic heterocycles. The number of carbonyl (C=O) groups excluding carboxylic acids is 1. The molecule has 1 N–H and O–H groups in total. The Bertz CT molecular complexity index is 1100. The Kier molecular flexibility index (Phi) is 5.31. The van der Waals surface area contributed by atoms with E-state index in [1.165, 1.54) is 5.56 Å². The molecule has 31 heavy (non-hydrogen) atoms. The molecule has 0 spiro atoms. The summed E-state index contributed by atoms with van der Waals surface area (Å²) in [6, 6.07) is 6.13. The van der Waals surface area contributed by atoms with Gasteiger partial charge in [-0.15, -0.1) is 0 Å². The second-order valence-corrected chi connectivity index (χ2v) is 8.75. The minimum Gasteiger partial charge on any atom is -0.369 e. The first-order valence-corrected chi connectivity index (χ1v) is 11.1. The van der Waals surface area contributed by atoms with E-state index in [0.717, 1.165) is 80.1 Å². The highest BCUT2D eigenvalue weighted by Gasteiger charge is 2.29. The van der Waals surface area contributed by atoms with Gasteiger partial charge in [0.1, 0.15) is 12.1 Å². The molecular weight excluding hydrogens is 390 g/mol. The lowest BCUT2D eigenvalue weighted by atomic mass is 9.94. The molecular formula is C23H29N7O. The average molecular weight is 420 g/mol. The minimum atomic E-state index is 0.125. The molecule has 0 radical (unpaired) electrons. The molecule has 1 atom stereocenters. The summed E-state index contributed by atoms with van der Waals surface area (Å²) in [6.07, 6.45) is 5.27. The third kappa shape index (κ3) is 3.87. The predicted molar refractivity (Wildman–Crippen MR) is 120 cm³/mol. The molecule has 1 unspecified atom stereocenters. The summed E-state index contributed by atoms with van der Waals surface area (Å²) in [5.41, 5.74) is 3.98. The van der Waals surface area contributed by atoms with Crippen LogP contribution in [-0.2, 0) is 13.0 Å². The van der Waals surface area contributed by atoms with Crippen molar-refractivity contribution in [2.75, 3.05) is 45.1 Å². The van der Waals surface area contributed by atoms with Crippen LogP contribution in [0.3, 0.4) is 0 Å². The van der Waals surface area contributed by atoms with Crippen LogP contribution in [0.2, 0.25) is 0 Å². The largest absolute Gasteiger partial charge is 0.369 e. The average Bonchev–Trinajstić information content (AvgIpc) is 3.21. The first kappa shape index (κ1) is 19.9. The molecule has 4 heterocycles. The number of anilines is 1. The Morgan fingerprint density at radius 1 is 1.16 bits per heavy atom. The van der Waals surface area contributed by atoms with Gasteiger partial charge in [-0.05, 0) is 44.4 Å². The number of aryl methyl sites for hydroxylation is 2. The Hall–Kier alpha value is -3.00. The summed E-state index contributed by atoms with van der Waals surface area (Å²) in [4.78, 5) is 26.2. The molecule has 0 aliphatic carbocycles.